The van der Waals surface area contributed by atoms with Crippen molar-refractivity contribution >= 4 is 27.5 Å². The van der Waals surface area contributed by atoms with Crippen molar-refractivity contribution in [1.29, 1.82) is 0 Å². The largest absolute Gasteiger partial charge is 0.325 e. The number of hydrogen-bond donors (Lipinski definition) is 2. The SMILES string of the molecule is O=C(Nc1ccc(F)c(Br)c1)[C@@H]1Cc2ccccc2CN1. The molecule has 1 aliphatic heterocycles. The van der Waals surface area contributed by atoms with Gasteiger partial charge >= 0.3 is 0 Å². The van der Waals surface area contributed by atoms with Crippen LogP contribution in [0.1, 0.15) is 11.1 Å². The quantitative estimate of drug-likeness (QED) is 0.874. The van der Waals surface area contributed by atoms with Crippen LogP contribution in [0.4, 0.5) is 10.1 Å². The number of amides is 1. The molecule has 1 heterocycles. The van der Waals surface area contributed by atoms with E-state index in [1.807, 2.05) is 18.2 Å². The zero-order chi connectivity index (χ0) is 14.8. The lowest BCUT2D eigenvalue weighted by molar-refractivity contribution is -0.118. The number of halogens is 2. The predicted octanol–water partition coefficient (Wildman–Crippen LogP) is 3.24. The average Bonchev–Trinajstić information content (AvgIpc) is 2.50. The first-order valence-corrected chi connectivity index (χ1v) is 7.49. The second kappa shape index (κ2) is 5.95. The number of nitrogens with one attached hydrogen (secondary N) is 2. The molecular weight excluding hydrogens is 335 g/mol. The van der Waals surface area contributed by atoms with Crippen LogP contribution in [-0.4, -0.2) is 11.9 Å². The Morgan fingerprint density at radius 2 is 2.00 bits per heavy atom. The first kappa shape index (κ1) is 14.2. The molecule has 0 aliphatic carbocycles. The molecule has 0 unspecified atom stereocenters. The third-order valence-electron chi connectivity index (χ3n) is 3.58. The zero-order valence-corrected chi connectivity index (χ0v) is 12.8. The topological polar surface area (TPSA) is 41.1 Å². The summed E-state index contributed by atoms with van der Waals surface area (Å²) in [5.41, 5.74) is 3.00. The van der Waals surface area contributed by atoms with Gasteiger partial charge < -0.3 is 10.6 Å². The summed E-state index contributed by atoms with van der Waals surface area (Å²) < 4.78 is 13.5. The maximum atomic E-state index is 13.2. The number of fused-ring (bicyclic) bond motifs is 1. The minimum Gasteiger partial charge on any atom is -0.325 e. The van der Waals surface area contributed by atoms with E-state index in [-0.39, 0.29) is 17.8 Å². The third kappa shape index (κ3) is 3.14. The van der Waals surface area contributed by atoms with Gasteiger partial charge in [0, 0.05) is 12.2 Å². The van der Waals surface area contributed by atoms with E-state index in [4.69, 9.17) is 0 Å². The van der Waals surface area contributed by atoms with Crippen LogP contribution in [0.3, 0.4) is 0 Å². The fourth-order valence-electron chi connectivity index (χ4n) is 2.44. The maximum Gasteiger partial charge on any atom is 0.241 e. The lowest BCUT2D eigenvalue weighted by Crippen LogP contribution is -2.44. The van der Waals surface area contributed by atoms with E-state index in [1.165, 1.54) is 17.2 Å². The van der Waals surface area contributed by atoms with E-state index in [1.54, 1.807) is 12.1 Å². The highest BCUT2D eigenvalue weighted by Gasteiger charge is 2.23. The molecule has 3 nitrogen and oxygen atoms in total. The average molecular weight is 349 g/mol. The van der Waals surface area contributed by atoms with E-state index in [0.717, 1.165) is 0 Å². The molecule has 0 radical (unpaired) electrons. The molecule has 0 saturated heterocycles. The van der Waals surface area contributed by atoms with E-state index < -0.39 is 0 Å². The molecule has 5 heteroatoms. The Bertz CT molecular complexity index is 690. The molecule has 21 heavy (non-hydrogen) atoms. The van der Waals surface area contributed by atoms with Crippen molar-refractivity contribution in [2.45, 2.75) is 19.0 Å². The van der Waals surface area contributed by atoms with Crippen LogP contribution in [0.5, 0.6) is 0 Å². The maximum absolute atomic E-state index is 13.2. The van der Waals surface area contributed by atoms with Crippen molar-refractivity contribution in [2.75, 3.05) is 5.32 Å². The number of hydrogen-bond acceptors (Lipinski definition) is 2. The van der Waals surface area contributed by atoms with Crippen molar-refractivity contribution in [3.05, 3.63) is 63.9 Å². The molecule has 2 aromatic rings. The van der Waals surface area contributed by atoms with Crippen molar-refractivity contribution in [3.8, 4) is 0 Å². The second-order valence-electron chi connectivity index (χ2n) is 5.02. The predicted molar refractivity (Wildman–Crippen MR) is 83.5 cm³/mol. The lowest BCUT2D eigenvalue weighted by Gasteiger charge is -2.25. The van der Waals surface area contributed by atoms with Crippen LogP contribution in [-0.2, 0) is 17.8 Å². The molecule has 0 spiro atoms. The van der Waals surface area contributed by atoms with Gasteiger partial charge in [-0.25, -0.2) is 4.39 Å². The summed E-state index contributed by atoms with van der Waals surface area (Å²) in [6, 6.07) is 12.2. The van der Waals surface area contributed by atoms with Crippen molar-refractivity contribution in [1.82, 2.24) is 5.32 Å². The summed E-state index contributed by atoms with van der Waals surface area (Å²) in [4.78, 5) is 12.3. The van der Waals surface area contributed by atoms with Gasteiger partial charge in [0.05, 0.1) is 10.5 Å². The third-order valence-corrected chi connectivity index (χ3v) is 4.19. The van der Waals surface area contributed by atoms with Gasteiger partial charge in [-0.15, -0.1) is 0 Å². The molecular formula is C16H14BrFN2O. The molecule has 2 aromatic carbocycles. The molecule has 0 bridgehead atoms. The summed E-state index contributed by atoms with van der Waals surface area (Å²) in [6.07, 6.45) is 0.657. The number of rotatable bonds is 2. The van der Waals surface area contributed by atoms with E-state index >= 15 is 0 Å². The first-order chi connectivity index (χ1) is 10.1. The number of carbonyl (C=O) groups excluding carboxylic acids is 1. The van der Waals surface area contributed by atoms with Crippen LogP contribution in [0.2, 0.25) is 0 Å². The molecule has 1 aliphatic rings. The Hall–Kier alpha value is -1.72. The Morgan fingerprint density at radius 1 is 1.24 bits per heavy atom. The number of benzene rings is 2. The molecule has 1 amide bonds. The van der Waals surface area contributed by atoms with Gasteiger partial charge in [-0.1, -0.05) is 24.3 Å². The molecule has 0 saturated carbocycles. The highest BCUT2D eigenvalue weighted by Crippen LogP contribution is 2.21. The van der Waals surface area contributed by atoms with E-state index in [0.29, 0.717) is 23.1 Å². The zero-order valence-electron chi connectivity index (χ0n) is 11.2. The van der Waals surface area contributed by atoms with Crippen LogP contribution in [0.25, 0.3) is 0 Å². The summed E-state index contributed by atoms with van der Waals surface area (Å²) >= 11 is 3.11. The van der Waals surface area contributed by atoms with Gasteiger partial charge in [0.15, 0.2) is 0 Å². The highest BCUT2D eigenvalue weighted by molar-refractivity contribution is 9.10. The lowest BCUT2D eigenvalue weighted by atomic mass is 9.95. The van der Waals surface area contributed by atoms with Crippen LogP contribution in [0, 0.1) is 5.82 Å². The fraction of sp³-hybridized carbons (Fsp3) is 0.188. The molecule has 0 fully saturated rings. The van der Waals surface area contributed by atoms with Crippen molar-refractivity contribution < 1.29 is 9.18 Å². The standard InChI is InChI=1S/C16H14BrFN2O/c17-13-8-12(5-6-14(13)18)20-16(21)15-7-10-3-1-2-4-11(10)9-19-15/h1-6,8,15,19H,7,9H2,(H,20,21)/t15-/m0/s1. The van der Waals surface area contributed by atoms with Gasteiger partial charge in [-0.2, -0.15) is 0 Å². The molecule has 3 rings (SSSR count). The van der Waals surface area contributed by atoms with Gasteiger partial charge in [0.25, 0.3) is 0 Å². The van der Waals surface area contributed by atoms with Gasteiger partial charge in [0.2, 0.25) is 5.91 Å². The molecule has 0 aromatic heterocycles. The Labute approximate surface area is 130 Å². The normalized spacial score (nSPS) is 17.1. The molecule has 1 atom stereocenters. The molecule has 108 valence electrons. The fourth-order valence-corrected chi connectivity index (χ4v) is 2.82. The van der Waals surface area contributed by atoms with Crippen LogP contribution in [0.15, 0.2) is 46.9 Å². The summed E-state index contributed by atoms with van der Waals surface area (Å²) in [5, 5.41) is 6.04. The summed E-state index contributed by atoms with van der Waals surface area (Å²) in [6.45, 7) is 0.682. The monoisotopic (exact) mass is 348 g/mol. The van der Waals surface area contributed by atoms with Gasteiger partial charge in [-0.3, -0.25) is 4.79 Å². The Morgan fingerprint density at radius 3 is 2.76 bits per heavy atom. The summed E-state index contributed by atoms with van der Waals surface area (Å²) in [7, 11) is 0. The number of anilines is 1. The Balaban J connectivity index is 1.70. The minimum absolute atomic E-state index is 0.108. The van der Waals surface area contributed by atoms with Gasteiger partial charge in [-0.05, 0) is 51.7 Å². The van der Waals surface area contributed by atoms with E-state index in [2.05, 4.69) is 32.6 Å². The van der Waals surface area contributed by atoms with Gasteiger partial charge in [0.1, 0.15) is 5.82 Å². The molecule has 2 N–H and O–H groups in total. The number of carbonyl (C=O) groups is 1. The van der Waals surface area contributed by atoms with Crippen molar-refractivity contribution in [3.63, 3.8) is 0 Å². The van der Waals surface area contributed by atoms with Crippen LogP contribution >= 0.6 is 15.9 Å². The first-order valence-electron chi connectivity index (χ1n) is 6.69. The van der Waals surface area contributed by atoms with Crippen molar-refractivity contribution in [2.24, 2.45) is 0 Å². The highest BCUT2D eigenvalue weighted by atomic mass is 79.9. The smallest absolute Gasteiger partial charge is 0.241 e. The van der Waals surface area contributed by atoms with E-state index in [9.17, 15) is 9.18 Å². The Kier molecular flexibility index (Phi) is 4.03. The second-order valence-corrected chi connectivity index (χ2v) is 5.88. The summed E-state index contributed by atoms with van der Waals surface area (Å²) in [5.74, 6) is -0.458. The van der Waals surface area contributed by atoms with Crippen LogP contribution < -0.4 is 10.6 Å². The minimum atomic E-state index is -0.349.